The molecule has 3 aliphatic rings. The Labute approximate surface area is 375 Å². The molecule has 21 heteroatoms. The Morgan fingerprint density at radius 1 is 0.952 bits per heavy atom. The molecule has 0 aromatic heterocycles. The number of alkyl halides is 3. The van der Waals surface area contributed by atoms with E-state index < -0.39 is 89.4 Å². The van der Waals surface area contributed by atoms with E-state index in [-0.39, 0.29) is 68.7 Å². The molecule has 3 fully saturated rings. The fraction of sp³-hybridized carbons (Fsp3) is 0.690. The number of nitrogens with one attached hydrogen (secondary N) is 3. The number of benzene rings is 1. The van der Waals surface area contributed by atoms with Crippen molar-refractivity contribution in [3.8, 4) is 0 Å². The zero-order chi connectivity index (χ0) is 47.1. The van der Waals surface area contributed by atoms with Crippen LogP contribution in [0.15, 0.2) is 18.2 Å². The van der Waals surface area contributed by atoms with Crippen LogP contribution in [0.3, 0.4) is 0 Å². The summed E-state index contributed by atoms with van der Waals surface area (Å²) in [6, 6.07) is -2.74. The van der Waals surface area contributed by atoms with Gasteiger partial charge in [0.1, 0.15) is 36.3 Å². The van der Waals surface area contributed by atoms with Crippen LogP contribution in [0, 0.1) is 11.8 Å². The summed E-state index contributed by atoms with van der Waals surface area (Å²) < 4.78 is 46.1. The van der Waals surface area contributed by atoms with Gasteiger partial charge in [-0.2, -0.15) is 13.2 Å². The van der Waals surface area contributed by atoms with Crippen LogP contribution in [-0.4, -0.2) is 162 Å². The Bertz CT molecular complexity index is 1870. The SMILES string of the molecule is COC[C@H]1NC(=O)[C@H](Cc2cc(Cl)ccc2Cl)N(C)C(=O)[C@H](CC(C)C)NC(=O)[C@@H](N(C)C(=O)[C@@H](NC(=O)[C@@H]2CCCN2C(=O)[C@@](C)(O)C(F)(F)F)C2CC2)CCCCN(C)C1=O. The molecule has 1 aliphatic carbocycles. The Hall–Kier alpha value is -4.20. The van der Waals surface area contributed by atoms with Crippen LogP contribution in [0.1, 0.15) is 77.7 Å². The lowest BCUT2D eigenvalue weighted by atomic mass is 9.98. The Morgan fingerprint density at radius 3 is 2.21 bits per heavy atom. The van der Waals surface area contributed by atoms with Gasteiger partial charge in [-0.25, -0.2) is 0 Å². The summed E-state index contributed by atoms with van der Waals surface area (Å²) in [5.74, 6) is -6.27. The first-order valence-electron chi connectivity index (χ1n) is 21.1. The monoisotopic (exact) mass is 933 g/mol. The van der Waals surface area contributed by atoms with E-state index in [4.69, 9.17) is 27.9 Å². The zero-order valence-electron chi connectivity index (χ0n) is 36.7. The highest BCUT2D eigenvalue weighted by molar-refractivity contribution is 6.33. The molecule has 0 radical (unpaired) electrons. The van der Waals surface area contributed by atoms with Crippen molar-refractivity contribution in [2.45, 2.75) is 127 Å². The molecule has 1 saturated carbocycles. The molecular formula is C42H60Cl2F3N7O9. The number of carbonyl (C=O) groups is 7. The highest BCUT2D eigenvalue weighted by Gasteiger charge is 2.59. The molecule has 4 rings (SSSR count). The number of likely N-dealkylation sites (N-methyl/N-ethyl adjacent to an activating group) is 3. The third-order valence-corrected chi connectivity index (χ3v) is 12.6. The van der Waals surface area contributed by atoms with E-state index in [0.29, 0.717) is 48.1 Å². The molecule has 0 bridgehead atoms. The van der Waals surface area contributed by atoms with E-state index in [0.717, 1.165) is 0 Å². The molecule has 4 N–H and O–H groups in total. The van der Waals surface area contributed by atoms with Crippen molar-refractivity contribution in [1.82, 2.24) is 35.6 Å². The summed E-state index contributed by atoms with van der Waals surface area (Å²) in [5, 5.41) is 18.9. The molecule has 63 heavy (non-hydrogen) atoms. The summed E-state index contributed by atoms with van der Waals surface area (Å²) in [5.41, 5.74) is -3.30. The molecule has 7 amide bonds. The third kappa shape index (κ3) is 12.8. The van der Waals surface area contributed by atoms with Gasteiger partial charge >= 0.3 is 6.18 Å². The van der Waals surface area contributed by atoms with Crippen LogP contribution in [0.4, 0.5) is 13.2 Å². The highest BCUT2D eigenvalue weighted by atomic mass is 35.5. The number of hydrogen-bond acceptors (Lipinski definition) is 9. The standard InChI is InChI=1S/C42H60Cl2F3N7O9/c1-23(2)19-28-38(59)53(6)32(21-25-20-26(43)15-16-27(25)44)36(57)49-29(22-63-7)37(58)51(4)17-9-8-11-30(34(55)48-28)52(5)39(60)33(24-13-14-24)50-35(56)31-12-10-18-54(31)40(61)41(3,62)42(45,46)47/h15-16,20,23-24,28-33,62H,8-14,17-19,21-22H2,1-7H3,(H,48,55)(H,49,57)(H,50,56)/t28-,29+,30-,31-,32-,33-,41+/m0/s1. The number of hydrogen-bond donors (Lipinski definition) is 4. The number of methoxy groups -OCH3 is 1. The van der Waals surface area contributed by atoms with Gasteiger partial charge < -0.3 is 45.4 Å². The second kappa shape index (κ2) is 21.7. The van der Waals surface area contributed by atoms with Crippen molar-refractivity contribution in [2.75, 3.05) is 47.9 Å². The summed E-state index contributed by atoms with van der Waals surface area (Å²) in [4.78, 5) is 102. The van der Waals surface area contributed by atoms with E-state index in [1.807, 2.05) is 13.8 Å². The smallest absolute Gasteiger partial charge is 0.382 e. The molecule has 0 unspecified atom stereocenters. The van der Waals surface area contributed by atoms with Gasteiger partial charge in [0.25, 0.3) is 5.91 Å². The number of nitrogens with zero attached hydrogens (tertiary/aromatic N) is 4. The van der Waals surface area contributed by atoms with Crippen LogP contribution in [0.5, 0.6) is 0 Å². The molecule has 1 aromatic carbocycles. The first-order valence-corrected chi connectivity index (χ1v) is 21.9. The second-order valence-electron chi connectivity index (χ2n) is 17.4. The van der Waals surface area contributed by atoms with E-state index in [2.05, 4.69) is 16.0 Å². The topological polar surface area (TPSA) is 198 Å². The van der Waals surface area contributed by atoms with E-state index in [9.17, 15) is 51.8 Å². The number of halogens is 5. The van der Waals surface area contributed by atoms with Crippen molar-refractivity contribution in [3.05, 3.63) is 33.8 Å². The predicted octanol–water partition coefficient (Wildman–Crippen LogP) is 2.69. The molecule has 7 atom stereocenters. The maximum Gasteiger partial charge on any atom is 0.426 e. The van der Waals surface area contributed by atoms with Crippen molar-refractivity contribution in [3.63, 3.8) is 0 Å². The molecule has 2 saturated heterocycles. The molecule has 1 aromatic rings. The van der Waals surface area contributed by atoms with Gasteiger partial charge in [-0.05, 0) is 93.9 Å². The summed E-state index contributed by atoms with van der Waals surface area (Å²) in [6.07, 6.45) is -3.36. The van der Waals surface area contributed by atoms with Crippen molar-refractivity contribution in [1.29, 1.82) is 0 Å². The summed E-state index contributed by atoms with van der Waals surface area (Å²) in [7, 11) is 5.69. The van der Waals surface area contributed by atoms with Crippen LogP contribution in [0.2, 0.25) is 10.0 Å². The lowest BCUT2D eigenvalue weighted by Crippen LogP contribution is -2.62. The maximum atomic E-state index is 14.5. The summed E-state index contributed by atoms with van der Waals surface area (Å²) >= 11 is 12.8. The highest BCUT2D eigenvalue weighted by Crippen LogP contribution is 2.36. The van der Waals surface area contributed by atoms with Gasteiger partial charge in [0.15, 0.2) is 0 Å². The normalized spacial score (nSPS) is 25.0. The van der Waals surface area contributed by atoms with E-state index in [1.54, 1.807) is 25.2 Å². The minimum Gasteiger partial charge on any atom is -0.382 e. The van der Waals surface area contributed by atoms with Gasteiger partial charge in [0.2, 0.25) is 41.0 Å². The number of amides is 7. The number of carbonyl (C=O) groups excluding carboxylic acids is 7. The van der Waals surface area contributed by atoms with Crippen LogP contribution in [0.25, 0.3) is 0 Å². The average Bonchev–Trinajstić information content (AvgIpc) is 3.94. The van der Waals surface area contributed by atoms with Crippen molar-refractivity contribution < 1.29 is 56.6 Å². The van der Waals surface area contributed by atoms with E-state index in [1.165, 1.54) is 35.9 Å². The zero-order valence-corrected chi connectivity index (χ0v) is 38.2. The van der Waals surface area contributed by atoms with Crippen LogP contribution >= 0.6 is 23.2 Å². The largest absolute Gasteiger partial charge is 0.426 e. The van der Waals surface area contributed by atoms with Gasteiger partial charge in [-0.15, -0.1) is 0 Å². The number of ether oxygens (including phenoxy) is 1. The third-order valence-electron chi connectivity index (χ3n) is 12.0. The molecule has 16 nitrogen and oxygen atoms in total. The number of rotatable bonds is 12. The average molecular weight is 935 g/mol. The van der Waals surface area contributed by atoms with Crippen LogP contribution in [-0.2, 0) is 44.7 Å². The van der Waals surface area contributed by atoms with Gasteiger partial charge in [0.05, 0.1) is 6.61 Å². The quantitative estimate of drug-likeness (QED) is 0.244. The van der Waals surface area contributed by atoms with Crippen LogP contribution < -0.4 is 16.0 Å². The van der Waals surface area contributed by atoms with Gasteiger partial charge in [-0.3, -0.25) is 33.6 Å². The molecule has 352 valence electrons. The Kier molecular flexibility index (Phi) is 17.7. The first-order chi connectivity index (χ1) is 29.4. The lowest BCUT2D eigenvalue weighted by molar-refractivity contribution is -0.250. The Balaban J connectivity index is 1.67. The molecule has 2 aliphatic heterocycles. The fourth-order valence-corrected chi connectivity index (χ4v) is 8.35. The van der Waals surface area contributed by atoms with Crippen molar-refractivity contribution >= 4 is 64.6 Å². The first kappa shape index (κ1) is 51.4. The number of likely N-dealkylation sites (tertiary alicyclic amines) is 1. The molecule has 2 heterocycles. The molecule has 0 spiro atoms. The fourth-order valence-electron chi connectivity index (χ4n) is 7.96. The van der Waals surface area contributed by atoms with Crippen molar-refractivity contribution in [2.24, 2.45) is 11.8 Å². The molecular weight excluding hydrogens is 874 g/mol. The van der Waals surface area contributed by atoms with Gasteiger partial charge in [0, 0.05) is 57.8 Å². The Morgan fingerprint density at radius 2 is 1.60 bits per heavy atom. The number of aliphatic hydroxyl groups is 1. The minimum absolute atomic E-state index is 0.00448. The van der Waals surface area contributed by atoms with E-state index >= 15 is 0 Å². The second-order valence-corrected chi connectivity index (χ2v) is 18.2. The minimum atomic E-state index is -5.30. The summed E-state index contributed by atoms with van der Waals surface area (Å²) in [6.45, 7) is 3.80. The lowest BCUT2D eigenvalue weighted by Gasteiger charge is -2.36. The van der Waals surface area contributed by atoms with Gasteiger partial charge in [-0.1, -0.05) is 37.0 Å². The predicted molar refractivity (Wildman–Crippen MR) is 226 cm³/mol. The maximum absolute atomic E-state index is 14.5.